The first-order chi connectivity index (χ1) is 6.67. The van der Waals surface area contributed by atoms with E-state index >= 15 is 0 Å². The van der Waals surface area contributed by atoms with Crippen LogP contribution in [-0.2, 0) is 4.79 Å². The number of hydrogen-bond donors (Lipinski definition) is 2. The highest BCUT2D eigenvalue weighted by Gasteiger charge is 2.50. The van der Waals surface area contributed by atoms with Gasteiger partial charge < -0.3 is 10.4 Å². The molecule has 0 bridgehead atoms. The molecule has 2 amide bonds. The Morgan fingerprint density at radius 3 is 2.79 bits per heavy atom. The number of nitrogens with one attached hydrogen (secondary N) is 1. The van der Waals surface area contributed by atoms with Crippen molar-refractivity contribution in [3.8, 4) is 0 Å². The molecule has 1 spiro atoms. The zero-order valence-corrected chi connectivity index (χ0v) is 7.95. The Kier molecular flexibility index (Phi) is 2.09. The quantitative estimate of drug-likeness (QED) is 0.592. The third-order valence-corrected chi connectivity index (χ3v) is 3.20. The van der Waals surface area contributed by atoms with Crippen LogP contribution in [-0.4, -0.2) is 40.6 Å². The van der Waals surface area contributed by atoms with Gasteiger partial charge in [-0.25, -0.2) is 4.79 Å². The van der Waals surface area contributed by atoms with Crippen molar-refractivity contribution < 1.29 is 14.7 Å². The smallest absolute Gasteiger partial charge is 0.408 e. The van der Waals surface area contributed by atoms with Gasteiger partial charge in [0.15, 0.2) is 0 Å². The molecule has 5 nitrogen and oxygen atoms in total. The molecule has 0 aromatic rings. The molecule has 2 fully saturated rings. The zero-order valence-electron chi connectivity index (χ0n) is 7.95. The van der Waals surface area contributed by atoms with Crippen LogP contribution in [0.2, 0.25) is 0 Å². The van der Waals surface area contributed by atoms with E-state index in [-0.39, 0.29) is 5.91 Å². The van der Waals surface area contributed by atoms with Crippen LogP contribution < -0.4 is 5.32 Å². The van der Waals surface area contributed by atoms with Crippen LogP contribution >= 0.6 is 0 Å². The third-order valence-electron chi connectivity index (χ3n) is 3.20. The number of nitrogens with zero attached hydrogens (tertiary/aromatic N) is 1. The number of carboxylic acid groups (broad SMARTS) is 1. The standard InChI is InChI=1S/C9H14N2O3/c12-7-9(3-1-5-10-7)4-2-6-11(9)8(13)14/h1-6H2,(H,10,12)(H,13,14). The fraction of sp³-hybridized carbons (Fsp3) is 0.778. The molecule has 2 aliphatic rings. The molecule has 5 heteroatoms. The molecule has 2 N–H and O–H groups in total. The third kappa shape index (κ3) is 1.15. The van der Waals surface area contributed by atoms with E-state index in [1.165, 1.54) is 4.90 Å². The van der Waals surface area contributed by atoms with Crippen LogP contribution in [0.4, 0.5) is 4.79 Å². The Hall–Kier alpha value is -1.26. The van der Waals surface area contributed by atoms with E-state index in [1.54, 1.807) is 0 Å². The largest absolute Gasteiger partial charge is 0.465 e. The predicted molar refractivity (Wildman–Crippen MR) is 48.9 cm³/mol. The fourth-order valence-corrected chi connectivity index (χ4v) is 2.51. The van der Waals surface area contributed by atoms with Gasteiger partial charge in [0, 0.05) is 13.1 Å². The van der Waals surface area contributed by atoms with Crippen molar-refractivity contribution >= 4 is 12.0 Å². The van der Waals surface area contributed by atoms with Gasteiger partial charge in [-0.1, -0.05) is 0 Å². The minimum absolute atomic E-state index is 0.108. The SMILES string of the molecule is O=C(O)N1CCCC12CCCNC2=O. The summed E-state index contributed by atoms with van der Waals surface area (Å²) in [6.45, 7) is 1.16. The van der Waals surface area contributed by atoms with Crippen molar-refractivity contribution in [1.29, 1.82) is 0 Å². The van der Waals surface area contributed by atoms with Crippen molar-refractivity contribution in [3.63, 3.8) is 0 Å². The highest BCUT2D eigenvalue weighted by molar-refractivity contribution is 5.90. The van der Waals surface area contributed by atoms with Crippen molar-refractivity contribution in [2.24, 2.45) is 0 Å². The van der Waals surface area contributed by atoms with Crippen molar-refractivity contribution in [2.75, 3.05) is 13.1 Å². The van der Waals surface area contributed by atoms with Gasteiger partial charge in [-0.2, -0.15) is 0 Å². The van der Waals surface area contributed by atoms with Crippen LogP contribution in [0.15, 0.2) is 0 Å². The predicted octanol–water partition coefficient (Wildman–Crippen LogP) is 0.409. The Labute approximate surface area is 82.1 Å². The molecule has 1 unspecified atom stereocenters. The molecule has 0 saturated carbocycles. The molecule has 2 heterocycles. The normalized spacial score (nSPS) is 32.0. The van der Waals surface area contributed by atoms with E-state index < -0.39 is 11.6 Å². The Balaban J connectivity index is 2.27. The summed E-state index contributed by atoms with van der Waals surface area (Å²) in [7, 11) is 0. The van der Waals surface area contributed by atoms with Crippen molar-refractivity contribution in [1.82, 2.24) is 10.2 Å². The number of likely N-dealkylation sites (tertiary alicyclic amines) is 1. The first-order valence-electron chi connectivity index (χ1n) is 4.96. The average molecular weight is 198 g/mol. The lowest BCUT2D eigenvalue weighted by atomic mass is 9.87. The summed E-state index contributed by atoms with van der Waals surface area (Å²) in [6.07, 6.45) is 2.03. The number of carbonyl (C=O) groups excluding carboxylic acids is 1. The van der Waals surface area contributed by atoms with Crippen LogP contribution in [0, 0.1) is 0 Å². The van der Waals surface area contributed by atoms with E-state index in [4.69, 9.17) is 5.11 Å². The lowest BCUT2D eigenvalue weighted by Gasteiger charge is -2.38. The number of rotatable bonds is 0. The van der Waals surface area contributed by atoms with E-state index in [0.29, 0.717) is 25.9 Å². The highest BCUT2D eigenvalue weighted by atomic mass is 16.4. The van der Waals surface area contributed by atoms with Gasteiger partial charge in [-0.3, -0.25) is 9.69 Å². The molecule has 2 rings (SSSR count). The maximum absolute atomic E-state index is 11.7. The van der Waals surface area contributed by atoms with E-state index in [9.17, 15) is 9.59 Å². The summed E-state index contributed by atoms with van der Waals surface area (Å²) < 4.78 is 0. The second-order valence-corrected chi connectivity index (χ2v) is 3.93. The molecule has 78 valence electrons. The van der Waals surface area contributed by atoms with E-state index in [1.807, 2.05) is 0 Å². The van der Waals surface area contributed by atoms with Crippen molar-refractivity contribution in [2.45, 2.75) is 31.2 Å². The summed E-state index contributed by atoms with van der Waals surface area (Å²) in [5.74, 6) is -0.108. The summed E-state index contributed by atoms with van der Waals surface area (Å²) >= 11 is 0. The number of carbonyl (C=O) groups is 2. The molecule has 0 radical (unpaired) electrons. The second-order valence-electron chi connectivity index (χ2n) is 3.93. The van der Waals surface area contributed by atoms with Crippen LogP contribution in [0.5, 0.6) is 0 Å². The van der Waals surface area contributed by atoms with Gasteiger partial charge in [0.05, 0.1) is 0 Å². The van der Waals surface area contributed by atoms with Gasteiger partial charge in [-0.05, 0) is 25.7 Å². The Morgan fingerprint density at radius 2 is 2.14 bits per heavy atom. The second kappa shape index (κ2) is 3.15. The number of hydrogen-bond acceptors (Lipinski definition) is 2. The zero-order chi connectivity index (χ0) is 10.2. The Bertz CT molecular complexity index is 279. The topological polar surface area (TPSA) is 69.6 Å². The van der Waals surface area contributed by atoms with E-state index in [2.05, 4.69) is 5.32 Å². The Morgan fingerprint density at radius 1 is 1.43 bits per heavy atom. The van der Waals surface area contributed by atoms with Crippen molar-refractivity contribution in [3.05, 3.63) is 0 Å². The van der Waals surface area contributed by atoms with Gasteiger partial charge >= 0.3 is 6.09 Å². The molecular formula is C9H14N2O3. The number of piperidine rings is 1. The van der Waals surface area contributed by atoms with Crippen LogP contribution in [0.1, 0.15) is 25.7 Å². The minimum Gasteiger partial charge on any atom is -0.465 e. The van der Waals surface area contributed by atoms with E-state index in [0.717, 1.165) is 12.8 Å². The molecule has 2 aliphatic heterocycles. The average Bonchev–Trinajstić information content (AvgIpc) is 2.55. The summed E-state index contributed by atoms with van der Waals surface area (Å²) in [6, 6.07) is 0. The lowest BCUT2D eigenvalue weighted by Crippen LogP contribution is -2.59. The van der Waals surface area contributed by atoms with Crippen LogP contribution in [0.25, 0.3) is 0 Å². The molecule has 1 atom stereocenters. The van der Waals surface area contributed by atoms with Gasteiger partial charge in [0.25, 0.3) is 0 Å². The molecule has 14 heavy (non-hydrogen) atoms. The first kappa shape index (κ1) is 9.30. The lowest BCUT2D eigenvalue weighted by molar-refractivity contribution is -0.133. The monoisotopic (exact) mass is 198 g/mol. The number of amides is 2. The molecule has 2 saturated heterocycles. The van der Waals surface area contributed by atoms with Gasteiger partial charge in [-0.15, -0.1) is 0 Å². The fourth-order valence-electron chi connectivity index (χ4n) is 2.51. The molecular weight excluding hydrogens is 184 g/mol. The summed E-state index contributed by atoms with van der Waals surface area (Å²) in [5.41, 5.74) is -0.746. The first-order valence-corrected chi connectivity index (χ1v) is 4.96. The molecule has 0 aliphatic carbocycles. The minimum atomic E-state index is -0.973. The molecule has 0 aromatic carbocycles. The van der Waals surface area contributed by atoms with Gasteiger partial charge in [0.1, 0.15) is 5.54 Å². The molecule has 0 aromatic heterocycles. The summed E-state index contributed by atoms with van der Waals surface area (Å²) in [5, 5.41) is 11.8. The van der Waals surface area contributed by atoms with Crippen LogP contribution in [0.3, 0.4) is 0 Å². The maximum Gasteiger partial charge on any atom is 0.408 e. The maximum atomic E-state index is 11.7. The highest BCUT2D eigenvalue weighted by Crippen LogP contribution is 2.35. The van der Waals surface area contributed by atoms with Gasteiger partial charge in [0.2, 0.25) is 5.91 Å². The summed E-state index contributed by atoms with van der Waals surface area (Å²) in [4.78, 5) is 24.0.